The van der Waals surface area contributed by atoms with Crippen molar-refractivity contribution in [3.8, 4) is 6.19 Å². The van der Waals surface area contributed by atoms with E-state index in [0.717, 1.165) is 5.56 Å². The van der Waals surface area contributed by atoms with Crippen molar-refractivity contribution in [3.05, 3.63) is 28.8 Å². The molecule has 0 aromatic heterocycles. The molecule has 0 heterocycles. The molecule has 1 amide bonds. The fourth-order valence-electron chi connectivity index (χ4n) is 1.26. The maximum Gasteiger partial charge on any atom is 0.217 e. The van der Waals surface area contributed by atoms with Gasteiger partial charge in [-0.05, 0) is 24.0 Å². The number of halogens is 1. The van der Waals surface area contributed by atoms with Crippen LogP contribution in [-0.4, -0.2) is 17.3 Å². The maximum absolute atomic E-state index is 10.8. The van der Waals surface area contributed by atoms with Crippen LogP contribution in [0.4, 0.5) is 5.69 Å². The third kappa shape index (κ3) is 5.20. The average Bonchev–Trinajstić information content (AvgIpc) is 2.38. The number of nitriles is 1. The molecule has 0 atom stereocenters. The maximum atomic E-state index is 10.8. The Hall–Kier alpha value is -1.71. The number of hydrogen-bond donors (Lipinski definition) is 2. The third-order valence-corrected chi connectivity index (χ3v) is 3.01. The molecule has 5 nitrogen and oxygen atoms in total. The molecule has 0 aliphatic heterocycles. The van der Waals surface area contributed by atoms with Crippen molar-refractivity contribution in [1.29, 1.82) is 5.26 Å². The Morgan fingerprint density at radius 3 is 2.84 bits per heavy atom. The van der Waals surface area contributed by atoms with Gasteiger partial charge < -0.3 is 5.32 Å². The highest BCUT2D eigenvalue weighted by molar-refractivity contribution is 8.13. The zero-order valence-corrected chi connectivity index (χ0v) is 12.1. The van der Waals surface area contributed by atoms with Crippen molar-refractivity contribution in [1.82, 2.24) is 10.6 Å². The molecular formula is C12H13ClN4OS. The van der Waals surface area contributed by atoms with Crippen molar-refractivity contribution in [3.63, 3.8) is 0 Å². The van der Waals surface area contributed by atoms with Crippen LogP contribution in [0.1, 0.15) is 12.5 Å². The van der Waals surface area contributed by atoms with Crippen LogP contribution in [-0.2, 0) is 11.3 Å². The van der Waals surface area contributed by atoms with Gasteiger partial charge >= 0.3 is 0 Å². The summed E-state index contributed by atoms with van der Waals surface area (Å²) in [5.41, 5.74) is 1.46. The van der Waals surface area contributed by atoms with Gasteiger partial charge in [-0.2, -0.15) is 5.26 Å². The van der Waals surface area contributed by atoms with E-state index in [-0.39, 0.29) is 5.91 Å². The van der Waals surface area contributed by atoms with Gasteiger partial charge in [-0.15, -0.1) is 0 Å². The predicted octanol–water partition coefficient (Wildman–Crippen LogP) is 2.40. The van der Waals surface area contributed by atoms with E-state index in [1.54, 1.807) is 12.1 Å². The summed E-state index contributed by atoms with van der Waals surface area (Å²) in [4.78, 5) is 15.0. The van der Waals surface area contributed by atoms with E-state index in [1.165, 1.54) is 18.7 Å². The first-order valence-corrected chi connectivity index (χ1v) is 6.97. The quantitative estimate of drug-likeness (QED) is 0.389. The molecule has 1 aromatic carbocycles. The summed E-state index contributed by atoms with van der Waals surface area (Å²) in [6.07, 6.45) is 3.62. The second-order valence-electron chi connectivity index (χ2n) is 3.55. The Kier molecular flexibility index (Phi) is 6.19. The first-order valence-electron chi connectivity index (χ1n) is 5.37. The Morgan fingerprint density at radius 1 is 1.58 bits per heavy atom. The summed E-state index contributed by atoms with van der Waals surface area (Å²) >= 11 is 7.42. The minimum Gasteiger partial charge on any atom is -0.352 e. The minimum absolute atomic E-state index is 0.0962. The highest BCUT2D eigenvalue weighted by atomic mass is 35.5. The zero-order chi connectivity index (χ0) is 14.3. The van der Waals surface area contributed by atoms with Crippen LogP contribution in [0, 0.1) is 11.5 Å². The monoisotopic (exact) mass is 296 g/mol. The normalized spacial score (nSPS) is 10.7. The summed E-state index contributed by atoms with van der Waals surface area (Å²) in [7, 11) is 0. The van der Waals surface area contributed by atoms with Crippen LogP contribution in [0.2, 0.25) is 5.02 Å². The van der Waals surface area contributed by atoms with Crippen LogP contribution in [0.3, 0.4) is 0 Å². The number of carbonyl (C=O) groups excluding carboxylic acids is 1. The van der Waals surface area contributed by atoms with E-state index in [4.69, 9.17) is 16.9 Å². The van der Waals surface area contributed by atoms with E-state index in [1.807, 2.05) is 18.5 Å². The first-order chi connectivity index (χ1) is 9.06. The number of nitrogens with one attached hydrogen (secondary N) is 2. The molecule has 0 spiro atoms. The van der Waals surface area contributed by atoms with Crippen LogP contribution >= 0.6 is 23.4 Å². The van der Waals surface area contributed by atoms with E-state index in [2.05, 4.69) is 15.6 Å². The lowest BCUT2D eigenvalue weighted by Gasteiger charge is -2.06. The van der Waals surface area contributed by atoms with Crippen LogP contribution < -0.4 is 10.6 Å². The molecule has 0 bridgehead atoms. The molecule has 19 heavy (non-hydrogen) atoms. The smallest absolute Gasteiger partial charge is 0.217 e. The molecule has 0 saturated carbocycles. The Morgan fingerprint density at radius 2 is 2.32 bits per heavy atom. The van der Waals surface area contributed by atoms with E-state index < -0.39 is 0 Å². The molecule has 100 valence electrons. The largest absolute Gasteiger partial charge is 0.352 e. The number of carbonyl (C=O) groups is 1. The van der Waals surface area contributed by atoms with Gasteiger partial charge in [-0.3, -0.25) is 10.1 Å². The predicted molar refractivity (Wildman–Crippen MR) is 78.3 cm³/mol. The van der Waals surface area contributed by atoms with Crippen molar-refractivity contribution < 1.29 is 4.79 Å². The number of thioether (sulfide) groups is 1. The molecule has 1 aromatic rings. The lowest BCUT2D eigenvalue weighted by Crippen LogP contribution is -2.18. The molecule has 0 radical (unpaired) electrons. The highest BCUT2D eigenvalue weighted by Gasteiger charge is 2.03. The SMILES string of the molecule is CSC(=Nc1ccc(CNC(C)=O)cc1Cl)NC#N. The van der Waals surface area contributed by atoms with Gasteiger partial charge in [0.05, 0.1) is 10.7 Å². The van der Waals surface area contributed by atoms with Crippen LogP contribution in [0.5, 0.6) is 0 Å². The van der Waals surface area contributed by atoms with Crippen molar-refractivity contribution in [2.75, 3.05) is 6.26 Å². The van der Waals surface area contributed by atoms with E-state index >= 15 is 0 Å². The lowest BCUT2D eigenvalue weighted by molar-refractivity contribution is -0.119. The Labute approximate surface area is 121 Å². The second kappa shape index (κ2) is 7.67. The van der Waals surface area contributed by atoms with Crippen molar-refractivity contribution >= 4 is 40.1 Å². The molecule has 2 N–H and O–H groups in total. The summed E-state index contributed by atoms with van der Waals surface area (Å²) in [5.74, 6) is -0.0962. The highest BCUT2D eigenvalue weighted by Crippen LogP contribution is 2.26. The number of rotatable bonds is 3. The van der Waals surface area contributed by atoms with Crippen LogP contribution in [0.25, 0.3) is 0 Å². The lowest BCUT2D eigenvalue weighted by atomic mass is 10.2. The van der Waals surface area contributed by atoms with Crippen LogP contribution in [0.15, 0.2) is 23.2 Å². The summed E-state index contributed by atoms with van der Waals surface area (Å²) in [6, 6.07) is 5.31. The number of nitrogens with zero attached hydrogens (tertiary/aromatic N) is 2. The van der Waals surface area contributed by atoms with Gasteiger partial charge in [0.2, 0.25) is 5.91 Å². The van der Waals surface area contributed by atoms with E-state index in [0.29, 0.717) is 22.4 Å². The second-order valence-corrected chi connectivity index (χ2v) is 4.76. The molecule has 7 heteroatoms. The number of benzene rings is 1. The summed E-state index contributed by atoms with van der Waals surface area (Å²) < 4.78 is 0. The first kappa shape index (κ1) is 15.3. The third-order valence-electron chi connectivity index (χ3n) is 2.13. The Bertz CT molecular complexity index is 539. The molecule has 0 unspecified atom stereocenters. The molecule has 0 aliphatic carbocycles. The van der Waals surface area contributed by atoms with E-state index in [9.17, 15) is 4.79 Å². The summed E-state index contributed by atoms with van der Waals surface area (Å²) in [5, 5.41) is 14.6. The van der Waals surface area contributed by atoms with Crippen molar-refractivity contribution in [2.24, 2.45) is 4.99 Å². The van der Waals surface area contributed by atoms with Gasteiger partial charge in [0.1, 0.15) is 0 Å². The van der Waals surface area contributed by atoms with Gasteiger partial charge in [-0.1, -0.05) is 29.4 Å². The topological polar surface area (TPSA) is 77.3 Å². The van der Waals surface area contributed by atoms with Crippen molar-refractivity contribution in [2.45, 2.75) is 13.5 Å². The van der Waals surface area contributed by atoms with Gasteiger partial charge in [0.25, 0.3) is 0 Å². The molecular weight excluding hydrogens is 284 g/mol. The number of aliphatic imine (C=N–C) groups is 1. The minimum atomic E-state index is -0.0962. The molecule has 0 fully saturated rings. The molecule has 1 rings (SSSR count). The standard InChI is InChI=1S/C12H13ClN4OS/c1-8(18)15-6-9-3-4-11(10(13)5-9)17-12(19-2)16-7-14/h3-5H,6H2,1-2H3,(H,15,18)(H,16,17). The zero-order valence-electron chi connectivity index (χ0n) is 10.5. The number of amidine groups is 1. The van der Waals surface area contributed by atoms with Gasteiger partial charge in [-0.25, -0.2) is 4.99 Å². The fraction of sp³-hybridized carbons (Fsp3) is 0.250. The Balaban J connectivity index is 2.88. The number of hydrogen-bond acceptors (Lipinski definition) is 4. The fourth-order valence-corrected chi connectivity index (χ4v) is 1.84. The number of amides is 1. The van der Waals surface area contributed by atoms with Gasteiger partial charge in [0.15, 0.2) is 11.4 Å². The van der Waals surface area contributed by atoms with Gasteiger partial charge in [0, 0.05) is 13.5 Å². The molecule has 0 aliphatic rings. The summed E-state index contributed by atoms with van der Waals surface area (Å²) in [6.45, 7) is 1.88. The molecule has 0 saturated heterocycles. The average molecular weight is 297 g/mol.